The van der Waals surface area contributed by atoms with Crippen LogP contribution in [0.25, 0.3) is 26.1 Å². The van der Waals surface area contributed by atoms with E-state index < -0.39 is 0 Å². The summed E-state index contributed by atoms with van der Waals surface area (Å²) in [5.41, 5.74) is 4.70. The van der Waals surface area contributed by atoms with E-state index in [0.29, 0.717) is 4.70 Å². The first kappa shape index (κ1) is 15.8. The van der Waals surface area contributed by atoms with Crippen LogP contribution in [0.4, 0.5) is 5.69 Å². The summed E-state index contributed by atoms with van der Waals surface area (Å²) in [5, 5.41) is 4.33. The SMILES string of the molecule is CCNc1c(C)cnc2sc3c(=O)n(-c4ccc(C)cc4)cnc3c12. The number of aromatic nitrogens is 3. The van der Waals surface area contributed by atoms with Crippen molar-refractivity contribution >= 4 is 37.5 Å². The lowest BCUT2D eigenvalue weighted by Crippen LogP contribution is -2.17. The van der Waals surface area contributed by atoms with Crippen molar-refractivity contribution in [3.8, 4) is 5.69 Å². The van der Waals surface area contributed by atoms with Gasteiger partial charge in [0.25, 0.3) is 5.56 Å². The number of anilines is 1. The molecule has 6 heteroatoms. The summed E-state index contributed by atoms with van der Waals surface area (Å²) in [7, 11) is 0. The summed E-state index contributed by atoms with van der Waals surface area (Å²) < 4.78 is 2.23. The van der Waals surface area contributed by atoms with E-state index in [4.69, 9.17) is 0 Å². The highest BCUT2D eigenvalue weighted by Gasteiger charge is 2.17. The number of hydrogen-bond acceptors (Lipinski definition) is 5. The van der Waals surface area contributed by atoms with Crippen molar-refractivity contribution in [2.45, 2.75) is 20.8 Å². The fraction of sp³-hybridized carbons (Fsp3) is 0.211. The number of rotatable bonds is 3. The molecule has 1 aromatic carbocycles. The lowest BCUT2D eigenvalue weighted by atomic mass is 10.2. The van der Waals surface area contributed by atoms with Crippen LogP contribution in [0.5, 0.6) is 0 Å². The van der Waals surface area contributed by atoms with Crippen molar-refractivity contribution in [1.82, 2.24) is 14.5 Å². The molecular weight excluding hydrogens is 332 g/mol. The summed E-state index contributed by atoms with van der Waals surface area (Å²) in [6, 6.07) is 7.85. The number of benzene rings is 1. The molecule has 3 aromatic heterocycles. The molecule has 0 bridgehead atoms. The zero-order chi connectivity index (χ0) is 17.6. The Hall–Kier alpha value is -2.73. The van der Waals surface area contributed by atoms with Gasteiger partial charge in [-0.2, -0.15) is 0 Å². The van der Waals surface area contributed by atoms with Gasteiger partial charge in [-0.15, -0.1) is 11.3 Å². The predicted octanol–water partition coefficient (Wildman–Crippen LogP) is 4.04. The summed E-state index contributed by atoms with van der Waals surface area (Å²) in [6.45, 7) is 6.90. The van der Waals surface area contributed by atoms with E-state index in [0.717, 1.165) is 44.8 Å². The number of thiophene rings is 1. The quantitative estimate of drug-likeness (QED) is 0.606. The second kappa shape index (κ2) is 5.97. The monoisotopic (exact) mass is 350 g/mol. The molecule has 0 saturated heterocycles. The Labute approximate surface area is 149 Å². The van der Waals surface area contributed by atoms with E-state index in [9.17, 15) is 4.79 Å². The highest BCUT2D eigenvalue weighted by molar-refractivity contribution is 7.25. The Morgan fingerprint density at radius 1 is 1.16 bits per heavy atom. The number of aryl methyl sites for hydroxylation is 2. The number of nitrogens with one attached hydrogen (secondary N) is 1. The second-order valence-electron chi connectivity index (χ2n) is 6.06. The van der Waals surface area contributed by atoms with Crippen LogP contribution in [0.1, 0.15) is 18.1 Å². The second-order valence-corrected chi connectivity index (χ2v) is 7.06. The fourth-order valence-electron chi connectivity index (χ4n) is 2.98. The van der Waals surface area contributed by atoms with E-state index in [1.165, 1.54) is 11.3 Å². The third-order valence-electron chi connectivity index (χ3n) is 4.27. The molecule has 3 heterocycles. The van der Waals surface area contributed by atoms with Crippen LogP contribution in [-0.4, -0.2) is 21.1 Å². The molecule has 4 aromatic rings. The molecule has 0 unspecified atom stereocenters. The Kier molecular flexibility index (Phi) is 3.77. The lowest BCUT2D eigenvalue weighted by Gasteiger charge is -2.09. The molecule has 4 rings (SSSR count). The van der Waals surface area contributed by atoms with Gasteiger partial charge in [0.15, 0.2) is 0 Å². The van der Waals surface area contributed by atoms with Gasteiger partial charge in [-0.25, -0.2) is 9.97 Å². The average Bonchev–Trinajstić information content (AvgIpc) is 2.99. The van der Waals surface area contributed by atoms with Gasteiger partial charge < -0.3 is 5.32 Å². The largest absolute Gasteiger partial charge is 0.384 e. The Bertz CT molecular complexity index is 1140. The molecular formula is C19H18N4OS. The first-order valence-electron chi connectivity index (χ1n) is 8.20. The van der Waals surface area contributed by atoms with E-state index in [2.05, 4.69) is 22.2 Å². The van der Waals surface area contributed by atoms with E-state index in [-0.39, 0.29) is 5.56 Å². The maximum atomic E-state index is 13.0. The Balaban J connectivity index is 2.02. The van der Waals surface area contributed by atoms with Crippen LogP contribution >= 0.6 is 11.3 Å². The van der Waals surface area contributed by atoms with Crippen molar-refractivity contribution in [3.05, 3.63) is 58.3 Å². The van der Waals surface area contributed by atoms with Crippen molar-refractivity contribution in [3.63, 3.8) is 0 Å². The molecule has 126 valence electrons. The van der Waals surface area contributed by atoms with Gasteiger partial charge in [-0.3, -0.25) is 9.36 Å². The number of fused-ring (bicyclic) bond motifs is 3. The third kappa shape index (κ3) is 2.49. The maximum Gasteiger partial charge on any atom is 0.275 e. The molecule has 25 heavy (non-hydrogen) atoms. The van der Waals surface area contributed by atoms with Gasteiger partial charge in [-0.05, 0) is 38.5 Å². The summed E-state index contributed by atoms with van der Waals surface area (Å²) in [5.74, 6) is 0. The first-order chi connectivity index (χ1) is 12.1. The zero-order valence-electron chi connectivity index (χ0n) is 14.3. The number of hydrogen-bond donors (Lipinski definition) is 1. The highest BCUT2D eigenvalue weighted by atomic mass is 32.1. The molecule has 0 atom stereocenters. The minimum absolute atomic E-state index is 0.0584. The van der Waals surface area contributed by atoms with Gasteiger partial charge in [0.1, 0.15) is 21.4 Å². The van der Waals surface area contributed by atoms with Crippen molar-refractivity contribution in [2.75, 3.05) is 11.9 Å². The van der Waals surface area contributed by atoms with Gasteiger partial charge >= 0.3 is 0 Å². The van der Waals surface area contributed by atoms with Crippen molar-refractivity contribution in [1.29, 1.82) is 0 Å². The third-order valence-corrected chi connectivity index (χ3v) is 5.34. The van der Waals surface area contributed by atoms with Crippen LogP contribution in [0.2, 0.25) is 0 Å². The van der Waals surface area contributed by atoms with Crippen LogP contribution in [0.3, 0.4) is 0 Å². The molecule has 0 radical (unpaired) electrons. The van der Waals surface area contributed by atoms with Gasteiger partial charge in [0.05, 0.1) is 16.8 Å². The van der Waals surface area contributed by atoms with Crippen molar-refractivity contribution in [2.24, 2.45) is 0 Å². The molecule has 0 spiro atoms. The smallest absolute Gasteiger partial charge is 0.275 e. The Morgan fingerprint density at radius 3 is 2.64 bits per heavy atom. The summed E-state index contributed by atoms with van der Waals surface area (Å²) in [6.07, 6.45) is 3.45. The molecule has 0 saturated carbocycles. The van der Waals surface area contributed by atoms with Gasteiger partial charge in [0.2, 0.25) is 0 Å². The minimum Gasteiger partial charge on any atom is -0.384 e. The van der Waals surface area contributed by atoms with Crippen LogP contribution in [-0.2, 0) is 0 Å². The standard InChI is InChI=1S/C19H18N4OS/c1-4-20-15-12(3)9-21-18-14(15)16-17(25-18)19(24)23(10-22-16)13-7-5-11(2)6-8-13/h5-10H,4H2,1-3H3,(H,20,21). The molecule has 0 aliphatic carbocycles. The molecule has 0 amide bonds. The van der Waals surface area contributed by atoms with Crippen LogP contribution in [0.15, 0.2) is 41.6 Å². The van der Waals surface area contributed by atoms with Crippen LogP contribution < -0.4 is 10.9 Å². The van der Waals surface area contributed by atoms with E-state index >= 15 is 0 Å². The maximum absolute atomic E-state index is 13.0. The molecule has 1 N–H and O–H groups in total. The van der Waals surface area contributed by atoms with Gasteiger partial charge in [0, 0.05) is 12.7 Å². The van der Waals surface area contributed by atoms with E-state index in [1.54, 1.807) is 10.9 Å². The number of nitrogens with zero attached hydrogens (tertiary/aromatic N) is 3. The fourth-order valence-corrected chi connectivity index (χ4v) is 4.02. The molecule has 0 fully saturated rings. The van der Waals surface area contributed by atoms with Crippen LogP contribution in [0, 0.1) is 13.8 Å². The summed E-state index contributed by atoms with van der Waals surface area (Å²) in [4.78, 5) is 23.0. The first-order valence-corrected chi connectivity index (χ1v) is 9.02. The number of pyridine rings is 1. The predicted molar refractivity (Wildman–Crippen MR) is 104 cm³/mol. The van der Waals surface area contributed by atoms with Crippen molar-refractivity contribution < 1.29 is 0 Å². The Morgan fingerprint density at radius 2 is 1.92 bits per heavy atom. The molecule has 5 nitrogen and oxygen atoms in total. The van der Waals surface area contributed by atoms with E-state index in [1.807, 2.05) is 44.3 Å². The average molecular weight is 350 g/mol. The molecule has 0 aliphatic heterocycles. The lowest BCUT2D eigenvalue weighted by molar-refractivity contribution is 0.966. The van der Waals surface area contributed by atoms with Gasteiger partial charge in [-0.1, -0.05) is 17.7 Å². The zero-order valence-corrected chi connectivity index (χ0v) is 15.1. The summed E-state index contributed by atoms with van der Waals surface area (Å²) >= 11 is 1.40. The minimum atomic E-state index is -0.0584. The molecule has 0 aliphatic rings. The highest BCUT2D eigenvalue weighted by Crippen LogP contribution is 2.36. The topological polar surface area (TPSA) is 59.8 Å². The normalized spacial score (nSPS) is 11.3.